The van der Waals surface area contributed by atoms with Crippen molar-refractivity contribution in [2.75, 3.05) is 44.2 Å². The summed E-state index contributed by atoms with van der Waals surface area (Å²) in [5.74, 6) is 0.756. The average Bonchev–Trinajstić information content (AvgIpc) is 3.37. The lowest BCUT2D eigenvalue weighted by Crippen LogP contribution is -2.46. The summed E-state index contributed by atoms with van der Waals surface area (Å²) in [5.41, 5.74) is 5.91. The molecule has 1 fully saturated rings. The standard InChI is InChI=1S/C27H33N3O3/c1-21-6-3-9-26(22(21)2)30-14-12-29(13-15-30)19-23-7-4-8-25(18-23)33-16-5-11-28-27(31)24-10-17-32-20-24/h3-4,6-10,17-18,20H,5,11-16,19H2,1-2H3,(H,28,31). The van der Waals surface area contributed by atoms with Gasteiger partial charge in [-0.15, -0.1) is 0 Å². The third-order valence-corrected chi connectivity index (χ3v) is 6.25. The highest BCUT2D eigenvalue weighted by atomic mass is 16.5. The van der Waals surface area contributed by atoms with Crippen molar-refractivity contribution in [1.29, 1.82) is 0 Å². The first-order valence-corrected chi connectivity index (χ1v) is 11.7. The zero-order chi connectivity index (χ0) is 23.0. The molecular formula is C27H33N3O3. The van der Waals surface area contributed by atoms with Gasteiger partial charge < -0.3 is 19.4 Å². The quantitative estimate of drug-likeness (QED) is 0.492. The van der Waals surface area contributed by atoms with Gasteiger partial charge in [-0.1, -0.05) is 24.3 Å². The number of rotatable bonds is 9. The summed E-state index contributed by atoms with van der Waals surface area (Å²) in [6.45, 7) is 10.6. The molecule has 33 heavy (non-hydrogen) atoms. The van der Waals surface area contributed by atoms with Gasteiger partial charge in [-0.2, -0.15) is 0 Å². The number of amides is 1. The zero-order valence-electron chi connectivity index (χ0n) is 19.5. The Morgan fingerprint density at radius 1 is 1.06 bits per heavy atom. The van der Waals surface area contributed by atoms with Crippen LogP contribution < -0.4 is 15.0 Å². The van der Waals surface area contributed by atoms with Crippen LogP contribution in [0.5, 0.6) is 5.75 Å². The van der Waals surface area contributed by atoms with E-state index in [1.807, 2.05) is 6.07 Å². The van der Waals surface area contributed by atoms with Gasteiger partial charge in [0.2, 0.25) is 0 Å². The molecule has 1 N–H and O–H groups in total. The predicted octanol–water partition coefficient (Wildman–Crippen LogP) is 4.42. The molecule has 1 amide bonds. The van der Waals surface area contributed by atoms with E-state index in [1.165, 1.54) is 34.9 Å². The van der Waals surface area contributed by atoms with E-state index in [0.29, 0.717) is 18.7 Å². The van der Waals surface area contributed by atoms with Crippen LogP contribution in [0.15, 0.2) is 65.5 Å². The van der Waals surface area contributed by atoms with Crippen LogP contribution in [-0.2, 0) is 6.54 Å². The summed E-state index contributed by atoms with van der Waals surface area (Å²) in [5, 5.41) is 2.87. The summed E-state index contributed by atoms with van der Waals surface area (Å²) < 4.78 is 10.8. The summed E-state index contributed by atoms with van der Waals surface area (Å²) in [7, 11) is 0. The zero-order valence-corrected chi connectivity index (χ0v) is 19.5. The Bertz CT molecular complexity index is 1040. The number of benzene rings is 2. The molecule has 3 aromatic rings. The Labute approximate surface area is 196 Å². The molecule has 0 aliphatic carbocycles. The third-order valence-electron chi connectivity index (χ3n) is 6.25. The number of carbonyl (C=O) groups excluding carboxylic acids is 1. The Balaban J connectivity index is 1.19. The van der Waals surface area contributed by atoms with Crippen LogP contribution in [0.2, 0.25) is 0 Å². The second kappa shape index (κ2) is 11.1. The Morgan fingerprint density at radius 2 is 1.88 bits per heavy atom. The molecule has 1 aliphatic heterocycles. The number of piperazine rings is 1. The van der Waals surface area contributed by atoms with Gasteiger partial charge >= 0.3 is 0 Å². The smallest absolute Gasteiger partial charge is 0.254 e. The van der Waals surface area contributed by atoms with Crippen LogP contribution in [0.3, 0.4) is 0 Å². The molecular weight excluding hydrogens is 414 g/mol. The number of ether oxygens (including phenoxy) is 1. The maximum absolute atomic E-state index is 11.9. The fraction of sp³-hybridized carbons (Fsp3) is 0.370. The fourth-order valence-corrected chi connectivity index (χ4v) is 4.18. The van der Waals surface area contributed by atoms with Gasteiger partial charge in [0.05, 0.1) is 18.4 Å². The first-order valence-electron chi connectivity index (χ1n) is 11.7. The molecule has 0 radical (unpaired) electrons. The fourth-order valence-electron chi connectivity index (χ4n) is 4.18. The second-order valence-electron chi connectivity index (χ2n) is 8.60. The van der Waals surface area contributed by atoms with Crippen LogP contribution in [0.25, 0.3) is 0 Å². The topological polar surface area (TPSA) is 58.0 Å². The molecule has 6 nitrogen and oxygen atoms in total. The summed E-state index contributed by atoms with van der Waals surface area (Å²) in [6, 6.07) is 16.6. The van der Waals surface area contributed by atoms with Crippen molar-refractivity contribution >= 4 is 11.6 Å². The van der Waals surface area contributed by atoms with E-state index >= 15 is 0 Å². The summed E-state index contributed by atoms with van der Waals surface area (Å²) >= 11 is 0. The number of nitrogens with one attached hydrogen (secondary N) is 1. The summed E-state index contributed by atoms with van der Waals surface area (Å²) in [4.78, 5) is 16.9. The van der Waals surface area contributed by atoms with Gasteiger partial charge in [-0.3, -0.25) is 9.69 Å². The van der Waals surface area contributed by atoms with Crippen molar-refractivity contribution < 1.29 is 13.9 Å². The highest BCUT2D eigenvalue weighted by molar-refractivity contribution is 5.93. The molecule has 0 atom stereocenters. The van der Waals surface area contributed by atoms with Crippen LogP contribution in [0.4, 0.5) is 5.69 Å². The summed E-state index contributed by atoms with van der Waals surface area (Å²) in [6.07, 6.45) is 3.69. The van der Waals surface area contributed by atoms with Gasteiger partial charge in [0, 0.05) is 45.0 Å². The molecule has 2 heterocycles. The molecule has 174 valence electrons. The molecule has 0 spiro atoms. The Kier molecular flexibility index (Phi) is 7.68. The molecule has 2 aromatic carbocycles. The number of hydrogen-bond donors (Lipinski definition) is 1. The molecule has 0 unspecified atom stereocenters. The molecule has 6 heteroatoms. The van der Waals surface area contributed by atoms with E-state index in [0.717, 1.165) is 44.9 Å². The van der Waals surface area contributed by atoms with Gasteiger partial charge in [-0.05, 0) is 61.2 Å². The minimum atomic E-state index is -0.122. The maximum Gasteiger partial charge on any atom is 0.254 e. The lowest BCUT2D eigenvalue weighted by atomic mass is 10.1. The van der Waals surface area contributed by atoms with E-state index in [4.69, 9.17) is 9.15 Å². The SMILES string of the molecule is Cc1cccc(N2CCN(Cc3cccc(OCCCNC(=O)c4ccoc4)c3)CC2)c1C. The van der Waals surface area contributed by atoms with Crippen molar-refractivity contribution in [3.63, 3.8) is 0 Å². The van der Waals surface area contributed by atoms with E-state index in [2.05, 4.69) is 65.4 Å². The van der Waals surface area contributed by atoms with Gasteiger partial charge in [-0.25, -0.2) is 0 Å². The lowest BCUT2D eigenvalue weighted by molar-refractivity contribution is 0.0951. The van der Waals surface area contributed by atoms with Crippen molar-refractivity contribution in [3.8, 4) is 5.75 Å². The first kappa shape index (κ1) is 22.9. The lowest BCUT2D eigenvalue weighted by Gasteiger charge is -2.37. The highest BCUT2D eigenvalue weighted by Gasteiger charge is 2.19. The molecule has 1 saturated heterocycles. The number of aryl methyl sites for hydroxylation is 1. The van der Waals surface area contributed by atoms with E-state index in [9.17, 15) is 4.79 Å². The van der Waals surface area contributed by atoms with E-state index in [1.54, 1.807) is 6.07 Å². The maximum atomic E-state index is 11.9. The van der Waals surface area contributed by atoms with Gasteiger partial charge in [0.1, 0.15) is 12.0 Å². The van der Waals surface area contributed by atoms with Crippen molar-refractivity contribution in [1.82, 2.24) is 10.2 Å². The second-order valence-corrected chi connectivity index (χ2v) is 8.60. The van der Waals surface area contributed by atoms with Crippen molar-refractivity contribution in [2.45, 2.75) is 26.8 Å². The van der Waals surface area contributed by atoms with E-state index < -0.39 is 0 Å². The van der Waals surface area contributed by atoms with Crippen LogP contribution in [0.1, 0.15) is 33.5 Å². The molecule has 0 bridgehead atoms. The van der Waals surface area contributed by atoms with Crippen LogP contribution >= 0.6 is 0 Å². The number of anilines is 1. The minimum Gasteiger partial charge on any atom is -0.494 e. The Morgan fingerprint density at radius 3 is 2.67 bits per heavy atom. The van der Waals surface area contributed by atoms with Crippen LogP contribution in [-0.4, -0.2) is 50.1 Å². The number of carbonyl (C=O) groups is 1. The largest absolute Gasteiger partial charge is 0.494 e. The van der Waals surface area contributed by atoms with Gasteiger partial charge in [0.25, 0.3) is 5.91 Å². The molecule has 1 aliphatic rings. The Hall–Kier alpha value is -3.25. The number of hydrogen-bond acceptors (Lipinski definition) is 5. The first-order chi connectivity index (χ1) is 16.1. The van der Waals surface area contributed by atoms with Crippen molar-refractivity contribution in [2.24, 2.45) is 0 Å². The molecule has 0 saturated carbocycles. The predicted molar refractivity (Wildman–Crippen MR) is 131 cm³/mol. The molecule has 4 rings (SSSR count). The van der Waals surface area contributed by atoms with Crippen molar-refractivity contribution in [3.05, 3.63) is 83.3 Å². The average molecular weight is 448 g/mol. The van der Waals surface area contributed by atoms with Gasteiger partial charge in [0.15, 0.2) is 0 Å². The molecule has 1 aromatic heterocycles. The third kappa shape index (κ3) is 6.17. The van der Waals surface area contributed by atoms with E-state index in [-0.39, 0.29) is 5.91 Å². The van der Waals surface area contributed by atoms with Crippen LogP contribution in [0, 0.1) is 13.8 Å². The normalized spacial score (nSPS) is 14.3. The highest BCUT2D eigenvalue weighted by Crippen LogP contribution is 2.24. The minimum absolute atomic E-state index is 0.122. The number of nitrogens with zero attached hydrogens (tertiary/aromatic N) is 2. The monoisotopic (exact) mass is 447 g/mol. The number of furan rings is 1.